The van der Waals surface area contributed by atoms with Gasteiger partial charge in [-0.15, -0.1) is 0 Å². The number of hydrogen-bond donors (Lipinski definition) is 2. The zero-order valence-corrected chi connectivity index (χ0v) is 13.0. The van der Waals surface area contributed by atoms with Crippen molar-refractivity contribution in [2.45, 2.75) is 18.9 Å². The molecule has 2 rings (SSSR count). The van der Waals surface area contributed by atoms with E-state index in [1.807, 2.05) is 36.4 Å². The van der Waals surface area contributed by atoms with Gasteiger partial charge in [-0.3, -0.25) is 4.79 Å². The summed E-state index contributed by atoms with van der Waals surface area (Å²) >= 11 is 0. The van der Waals surface area contributed by atoms with E-state index < -0.39 is 17.9 Å². The van der Waals surface area contributed by atoms with Crippen molar-refractivity contribution < 1.29 is 19.1 Å². The summed E-state index contributed by atoms with van der Waals surface area (Å²) in [4.78, 5) is 23.2. The van der Waals surface area contributed by atoms with Crippen LogP contribution in [0.2, 0.25) is 0 Å². The summed E-state index contributed by atoms with van der Waals surface area (Å²) in [5, 5.41) is 11.7. The number of carbonyl (C=O) groups excluding carboxylic acids is 1. The van der Waals surface area contributed by atoms with Gasteiger partial charge in [0.2, 0.25) is 5.91 Å². The summed E-state index contributed by atoms with van der Waals surface area (Å²) in [5.41, 5.74) is 1.58. The number of carboxylic acids is 1. The molecule has 0 unspecified atom stereocenters. The number of amides is 1. The summed E-state index contributed by atoms with van der Waals surface area (Å²) in [6.45, 7) is 0. The summed E-state index contributed by atoms with van der Waals surface area (Å²) in [7, 11) is 0. The molecule has 1 amide bonds. The third kappa shape index (κ3) is 5.68. The largest absolute Gasteiger partial charge is 0.480 e. The number of halogens is 1. The molecule has 0 saturated heterocycles. The van der Waals surface area contributed by atoms with Crippen molar-refractivity contribution >= 4 is 18.0 Å². The standard InChI is InChI=1S/C19H18FNO3/c20-16-11-9-15(10-12-16)13-18(22)21-17(19(23)24)8-4-7-14-5-2-1-3-6-14/h1-7,9-12,17H,8,13H2,(H,21,22)(H,23,24)/b7-4+/t17-/m0/s1. The molecule has 2 aromatic carbocycles. The summed E-state index contributed by atoms with van der Waals surface area (Å²) in [6.07, 6.45) is 3.71. The maximum Gasteiger partial charge on any atom is 0.326 e. The van der Waals surface area contributed by atoms with Gasteiger partial charge in [0.15, 0.2) is 0 Å². The second-order valence-electron chi connectivity index (χ2n) is 5.31. The molecule has 5 heteroatoms. The highest BCUT2D eigenvalue weighted by Crippen LogP contribution is 2.06. The van der Waals surface area contributed by atoms with E-state index in [4.69, 9.17) is 0 Å². The highest BCUT2D eigenvalue weighted by atomic mass is 19.1. The van der Waals surface area contributed by atoms with Crippen molar-refractivity contribution in [2.24, 2.45) is 0 Å². The lowest BCUT2D eigenvalue weighted by Gasteiger charge is -2.12. The van der Waals surface area contributed by atoms with Gasteiger partial charge in [-0.1, -0.05) is 54.6 Å². The smallest absolute Gasteiger partial charge is 0.326 e. The Bertz CT molecular complexity index is 711. The van der Waals surface area contributed by atoms with Crippen LogP contribution in [0.4, 0.5) is 4.39 Å². The average Bonchev–Trinajstić information content (AvgIpc) is 2.57. The molecule has 4 nitrogen and oxygen atoms in total. The van der Waals surface area contributed by atoms with E-state index in [0.717, 1.165) is 5.56 Å². The fourth-order valence-corrected chi connectivity index (χ4v) is 2.16. The Kier molecular flexibility index (Phi) is 6.25. The molecule has 0 aromatic heterocycles. The first-order chi connectivity index (χ1) is 11.5. The van der Waals surface area contributed by atoms with Crippen LogP contribution in [0.25, 0.3) is 6.08 Å². The molecule has 0 heterocycles. The Morgan fingerprint density at radius 2 is 1.75 bits per heavy atom. The minimum absolute atomic E-state index is 0.00641. The molecule has 24 heavy (non-hydrogen) atoms. The van der Waals surface area contributed by atoms with E-state index >= 15 is 0 Å². The van der Waals surface area contributed by atoms with Crippen molar-refractivity contribution in [3.05, 3.63) is 77.6 Å². The van der Waals surface area contributed by atoms with E-state index in [0.29, 0.717) is 5.56 Å². The highest BCUT2D eigenvalue weighted by molar-refractivity contribution is 5.85. The van der Waals surface area contributed by atoms with Gasteiger partial charge in [-0.2, -0.15) is 0 Å². The summed E-state index contributed by atoms with van der Waals surface area (Å²) in [5.74, 6) is -1.89. The van der Waals surface area contributed by atoms with E-state index in [1.165, 1.54) is 24.3 Å². The van der Waals surface area contributed by atoms with Crippen LogP contribution in [-0.2, 0) is 16.0 Å². The van der Waals surface area contributed by atoms with Crippen molar-refractivity contribution in [2.75, 3.05) is 0 Å². The molecular formula is C19H18FNO3. The summed E-state index contributed by atoms with van der Waals surface area (Å²) in [6, 6.07) is 14.0. The minimum Gasteiger partial charge on any atom is -0.480 e. The first kappa shape index (κ1) is 17.4. The zero-order chi connectivity index (χ0) is 17.4. The van der Waals surface area contributed by atoms with Crippen molar-refractivity contribution in [1.29, 1.82) is 0 Å². The molecular weight excluding hydrogens is 309 g/mol. The Hall–Kier alpha value is -2.95. The number of benzene rings is 2. The van der Waals surface area contributed by atoms with Crippen molar-refractivity contribution in [3.63, 3.8) is 0 Å². The second kappa shape index (κ2) is 8.62. The molecule has 0 fully saturated rings. The Balaban J connectivity index is 1.90. The monoisotopic (exact) mass is 327 g/mol. The van der Waals surface area contributed by atoms with E-state index in [9.17, 15) is 19.1 Å². The van der Waals surface area contributed by atoms with E-state index in [-0.39, 0.29) is 18.7 Å². The number of aliphatic carboxylic acids is 1. The molecule has 0 aliphatic heterocycles. The maximum absolute atomic E-state index is 12.8. The van der Waals surface area contributed by atoms with Crippen molar-refractivity contribution in [1.82, 2.24) is 5.32 Å². The molecule has 0 bridgehead atoms. The lowest BCUT2D eigenvalue weighted by atomic mass is 10.1. The maximum atomic E-state index is 12.8. The number of hydrogen-bond acceptors (Lipinski definition) is 2. The Labute approximate surface area is 139 Å². The van der Waals surface area contributed by atoms with Crippen molar-refractivity contribution in [3.8, 4) is 0 Å². The third-order valence-corrected chi connectivity index (χ3v) is 3.39. The normalized spacial score (nSPS) is 12.0. The quantitative estimate of drug-likeness (QED) is 0.821. The Morgan fingerprint density at radius 1 is 1.08 bits per heavy atom. The number of nitrogens with one attached hydrogen (secondary N) is 1. The van der Waals surface area contributed by atoms with Gasteiger partial charge in [0.25, 0.3) is 0 Å². The minimum atomic E-state index is -1.10. The second-order valence-corrected chi connectivity index (χ2v) is 5.31. The van der Waals surface area contributed by atoms with Crippen LogP contribution in [0.1, 0.15) is 17.5 Å². The third-order valence-electron chi connectivity index (χ3n) is 3.39. The lowest BCUT2D eigenvalue weighted by Crippen LogP contribution is -2.41. The first-order valence-electron chi connectivity index (χ1n) is 7.53. The van der Waals surface area contributed by atoms with Gasteiger partial charge in [-0.05, 0) is 29.7 Å². The van der Waals surface area contributed by atoms with E-state index in [2.05, 4.69) is 5.32 Å². The SMILES string of the molecule is O=C(Cc1ccc(F)cc1)N[C@@H](C/C=C/c1ccccc1)C(=O)O. The average molecular weight is 327 g/mol. The Morgan fingerprint density at radius 3 is 2.38 bits per heavy atom. The molecule has 0 spiro atoms. The van der Waals surface area contributed by atoms with Crippen LogP contribution >= 0.6 is 0 Å². The van der Waals surface area contributed by atoms with Crippen LogP contribution in [0.5, 0.6) is 0 Å². The van der Waals surface area contributed by atoms with Gasteiger partial charge >= 0.3 is 5.97 Å². The summed E-state index contributed by atoms with van der Waals surface area (Å²) < 4.78 is 12.8. The predicted molar refractivity (Wildman–Crippen MR) is 89.8 cm³/mol. The number of rotatable bonds is 7. The fraction of sp³-hybridized carbons (Fsp3) is 0.158. The molecule has 1 atom stereocenters. The van der Waals surface area contributed by atoms with Crippen LogP contribution in [0.3, 0.4) is 0 Å². The molecule has 124 valence electrons. The molecule has 0 aliphatic carbocycles. The van der Waals surface area contributed by atoms with Gasteiger partial charge in [-0.25, -0.2) is 9.18 Å². The molecule has 2 aromatic rings. The molecule has 0 radical (unpaired) electrons. The fourth-order valence-electron chi connectivity index (χ4n) is 2.16. The number of carboxylic acid groups (broad SMARTS) is 1. The van der Waals surface area contributed by atoms with Gasteiger partial charge in [0, 0.05) is 0 Å². The van der Waals surface area contributed by atoms with Crippen LogP contribution in [0.15, 0.2) is 60.7 Å². The van der Waals surface area contributed by atoms with Crippen LogP contribution < -0.4 is 5.32 Å². The topological polar surface area (TPSA) is 66.4 Å². The molecule has 0 aliphatic rings. The molecule has 0 saturated carbocycles. The lowest BCUT2D eigenvalue weighted by molar-refractivity contribution is -0.141. The highest BCUT2D eigenvalue weighted by Gasteiger charge is 2.18. The van der Waals surface area contributed by atoms with Crippen LogP contribution in [-0.4, -0.2) is 23.0 Å². The van der Waals surface area contributed by atoms with Gasteiger partial charge < -0.3 is 10.4 Å². The van der Waals surface area contributed by atoms with Crippen LogP contribution in [0, 0.1) is 5.82 Å². The van der Waals surface area contributed by atoms with E-state index in [1.54, 1.807) is 6.08 Å². The predicted octanol–water partition coefficient (Wildman–Crippen LogP) is 3.04. The zero-order valence-electron chi connectivity index (χ0n) is 13.0. The molecule has 2 N–H and O–H groups in total. The van der Waals surface area contributed by atoms with Gasteiger partial charge in [0.05, 0.1) is 6.42 Å². The van der Waals surface area contributed by atoms with Gasteiger partial charge in [0.1, 0.15) is 11.9 Å². The number of carbonyl (C=O) groups is 2. The first-order valence-corrected chi connectivity index (χ1v) is 7.53.